The molecule has 0 aliphatic heterocycles. The molecule has 0 spiro atoms. The van der Waals surface area contributed by atoms with Gasteiger partial charge in [-0.1, -0.05) is 20.8 Å². The summed E-state index contributed by atoms with van der Waals surface area (Å²) in [5, 5.41) is 16.3. The van der Waals surface area contributed by atoms with E-state index in [-0.39, 0.29) is 24.5 Å². The van der Waals surface area contributed by atoms with Crippen LogP contribution in [0, 0.1) is 12.8 Å². The number of carbonyl (C=O) groups excluding carboxylic acids is 1. The van der Waals surface area contributed by atoms with Gasteiger partial charge in [0.25, 0.3) is 5.91 Å². The van der Waals surface area contributed by atoms with Crippen molar-refractivity contribution < 1.29 is 14.7 Å². The highest BCUT2D eigenvalue weighted by Crippen LogP contribution is 2.26. The summed E-state index contributed by atoms with van der Waals surface area (Å²) in [6, 6.07) is 0.347. The zero-order valence-corrected chi connectivity index (χ0v) is 15.0. The first-order valence-corrected chi connectivity index (χ1v) is 8.60. The third-order valence-corrected chi connectivity index (χ3v) is 4.60. The van der Waals surface area contributed by atoms with E-state index >= 15 is 0 Å². The maximum atomic E-state index is 12.4. The van der Waals surface area contributed by atoms with Crippen LogP contribution in [0.1, 0.15) is 49.7 Å². The number of rotatable bonds is 8. The molecule has 1 amide bonds. The highest BCUT2D eigenvalue weighted by Gasteiger charge is 2.35. The van der Waals surface area contributed by atoms with Gasteiger partial charge < -0.3 is 10.4 Å². The number of hydrogen-bond donors (Lipinski definition) is 2. The molecule has 0 atom stereocenters. The predicted octanol–water partition coefficient (Wildman–Crippen LogP) is 1.51. The van der Waals surface area contributed by atoms with Gasteiger partial charge in [0.15, 0.2) is 0 Å². The van der Waals surface area contributed by atoms with Crippen LogP contribution in [-0.2, 0) is 11.3 Å². The van der Waals surface area contributed by atoms with Crippen LogP contribution in [0.3, 0.4) is 0 Å². The van der Waals surface area contributed by atoms with Crippen molar-refractivity contribution in [2.75, 3.05) is 13.1 Å². The van der Waals surface area contributed by atoms with E-state index in [0.29, 0.717) is 18.0 Å². The molecule has 1 fully saturated rings. The third kappa shape index (κ3) is 4.35. The summed E-state index contributed by atoms with van der Waals surface area (Å²) in [5.74, 6) is -0.425. The monoisotopic (exact) mass is 336 g/mol. The van der Waals surface area contributed by atoms with Crippen molar-refractivity contribution >= 4 is 11.9 Å². The molecule has 0 bridgehead atoms. The number of likely N-dealkylation sites (N-methyl/N-ethyl adjacent to an activating group) is 1. The van der Waals surface area contributed by atoms with Crippen molar-refractivity contribution in [1.82, 2.24) is 20.0 Å². The van der Waals surface area contributed by atoms with Gasteiger partial charge in [-0.05, 0) is 32.2 Å². The number of carboxylic acids is 1. The summed E-state index contributed by atoms with van der Waals surface area (Å²) in [7, 11) is 0. The van der Waals surface area contributed by atoms with E-state index in [0.717, 1.165) is 25.1 Å². The van der Waals surface area contributed by atoms with Gasteiger partial charge in [0.1, 0.15) is 0 Å². The smallest absolute Gasteiger partial charge is 0.317 e. The van der Waals surface area contributed by atoms with Gasteiger partial charge in [-0.25, -0.2) is 0 Å². The van der Waals surface area contributed by atoms with Crippen molar-refractivity contribution in [3.8, 4) is 0 Å². The standard InChI is InChI=1S/C17H28N4O3/c1-5-20(10-16(22)23)14-6-13(7-14)19-17(24)15-8-18-21(12(15)4)9-11(2)3/h8,11,13-14H,5-7,9-10H2,1-4H3,(H,19,24)(H,22,23). The second kappa shape index (κ2) is 7.79. The highest BCUT2D eigenvalue weighted by atomic mass is 16.4. The van der Waals surface area contributed by atoms with Crippen molar-refractivity contribution in [2.24, 2.45) is 5.92 Å². The Labute approximate surface area is 143 Å². The molecule has 2 rings (SSSR count). The Morgan fingerprint density at radius 1 is 1.46 bits per heavy atom. The fraction of sp³-hybridized carbons (Fsp3) is 0.706. The molecule has 1 heterocycles. The second-order valence-electron chi connectivity index (χ2n) is 6.97. The number of hydrogen-bond acceptors (Lipinski definition) is 4. The van der Waals surface area contributed by atoms with Crippen molar-refractivity contribution in [3.05, 3.63) is 17.5 Å². The quantitative estimate of drug-likeness (QED) is 0.751. The molecule has 1 aliphatic rings. The Balaban J connectivity index is 1.87. The number of aromatic nitrogens is 2. The fourth-order valence-corrected chi connectivity index (χ4v) is 3.14. The number of carboxylic acid groups (broad SMARTS) is 1. The summed E-state index contributed by atoms with van der Waals surface area (Å²) in [6.45, 7) is 9.67. The molecule has 24 heavy (non-hydrogen) atoms. The van der Waals surface area contributed by atoms with Crippen LogP contribution in [-0.4, -0.2) is 56.8 Å². The van der Waals surface area contributed by atoms with Crippen LogP contribution in [0.25, 0.3) is 0 Å². The molecule has 1 aromatic rings. The average molecular weight is 336 g/mol. The molecular weight excluding hydrogens is 308 g/mol. The molecule has 1 aliphatic carbocycles. The first-order chi connectivity index (χ1) is 11.3. The molecule has 1 aromatic heterocycles. The van der Waals surface area contributed by atoms with Crippen molar-refractivity contribution in [3.63, 3.8) is 0 Å². The summed E-state index contributed by atoms with van der Waals surface area (Å²) in [4.78, 5) is 25.2. The Hall–Kier alpha value is -1.89. The molecule has 7 nitrogen and oxygen atoms in total. The van der Waals surface area contributed by atoms with E-state index in [2.05, 4.69) is 24.3 Å². The Morgan fingerprint density at radius 2 is 2.12 bits per heavy atom. The van der Waals surface area contributed by atoms with E-state index in [1.807, 2.05) is 23.4 Å². The van der Waals surface area contributed by atoms with E-state index in [4.69, 9.17) is 5.11 Å². The largest absolute Gasteiger partial charge is 0.480 e. The van der Waals surface area contributed by atoms with E-state index < -0.39 is 5.97 Å². The van der Waals surface area contributed by atoms with Gasteiger partial charge in [-0.15, -0.1) is 0 Å². The Morgan fingerprint density at radius 3 is 2.67 bits per heavy atom. The first kappa shape index (κ1) is 18.4. The lowest BCUT2D eigenvalue weighted by atomic mass is 9.85. The molecule has 0 radical (unpaired) electrons. The topological polar surface area (TPSA) is 87.5 Å². The van der Waals surface area contributed by atoms with Crippen LogP contribution in [0.15, 0.2) is 6.20 Å². The predicted molar refractivity (Wildman–Crippen MR) is 91.0 cm³/mol. The molecule has 134 valence electrons. The minimum Gasteiger partial charge on any atom is -0.480 e. The maximum absolute atomic E-state index is 12.4. The third-order valence-electron chi connectivity index (χ3n) is 4.60. The lowest BCUT2D eigenvalue weighted by Crippen LogP contribution is -2.54. The minimum atomic E-state index is -0.808. The maximum Gasteiger partial charge on any atom is 0.317 e. The summed E-state index contributed by atoms with van der Waals surface area (Å²) in [5.41, 5.74) is 1.51. The van der Waals surface area contributed by atoms with Gasteiger partial charge in [0, 0.05) is 24.3 Å². The van der Waals surface area contributed by atoms with Gasteiger partial charge >= 0.3 is 5.97 Å². The first-order valence-electron chi connectivity index (χ1n) is 8.60. The van der Waals surface area contributed by atoms with Crippen LogP contribution in [0.5, 0.6) is 0 Å². The van der Waals surface area contributed by atoms with Crippen molar-refractivity contribution in [1.29, 1.82) is 0 Å². The van der Waals surface area contributed by atoms with Gasteiger partial charge in [0.2, 0.25) is 0 Å². The van der Waals surface area contributed by atoms with Gasteiger partial charge in [0.05, 0.1) is 18.3 Å². The number of nitrogens with zero attached hydrogens (tertiary/aromatic N) is 3. The average Bonchev–Trinajstić information content (AvgIpc) is 2.80. The lowest BCUT2D eigenvalue weighted by molar-refractivity contribution is -0.139. The zero-order valence-electron chi connectivity index (χ0n) is 15.0. The molecule has 7 heteroatoms. The van der Waals surface area contributed by atoms with Crippen LogP contribution < -0.4 is 5.32 Å². The van der Waals surface area contributed by atoms with Crippen molar-refractivity contribution in [2.45, 2.75) is 59.2 Å². The second-order valence-corrected chi connectivity index (χ2v) is 6.97. The zero-order chi connectivity index (χ0) is 17.9. The van der Waals surface area contributed by atoms with Crippen LogP contribution >= 0.6 is 0 Å². The molecular formula is C17H28N4O3. The number of carbonyl (C=O) groups is 2. The molecule has 0 saturated heterocycles. The Kier molecular flexibility index (Phi) is 5.99. The van der Waals surface area contributed by atoms with E-state index in [1.54, 1.807) is 6.20 Å². The van der Waals surface area contributed by atoms with Crippen LogP contribution in [0.2, 0.25) is 0 Å². The number of aliphatic carboxylic acids is 1. The number of amides is 1. The molecule has 2 N–H and O–H groups in total. The van der Waals surface area contributed by atoms with Gasteiger partial charge in [-0.2, -0.15) is 5.10 Å². The highest BCUT2D eigenvalue weighted by molar-refractivity contribution is 5.95. The summed E-state index contributed by atoms with van der Waals surface area (Å²) < 4.78 is 1.87. The Bertz CT molecular complexity index is 591. The summed E-state index contributed by atoms with van der Waals surface area (Å²) >= 11 is 0. The van der Waals surface area contributed by atoms with Gasteiger partial charge in [-0.3, -0.25) is 19.2 Å². The fourth-order valence-electron chi connectivity index (χ4n) is 3.14. The van der Waals surface area contributed by atoms with Crippen LogP contribution in [0.4, 0.5) is 0 Å². The lowest BCUT2D eigenvalue weighted by Gasteiger charge is -2.42. The summed E-state index contributed by atoms with van der Waals surface area (Å²) in [6.07, 6.45) is 3.23. The van der Waals surface area contributed by atoms with E-state index in [1.165, 1.54) is 0 Å². The molecule has 1 saturated carbocycles. The SMILES string of the molecule is CCN(CC(=O)O)C1CC(NC(=O)c2cnn(CC(C)C)c2C)C1. The van der Waals surface area contributed by atoms with E-state index in [9.17, 15) is 9.59 Å². The molecule has 0 unspecified atom stereocenters. The number of nitrogens with one attached hydrogen (secondary N) is 1. The normalized spacial score (nSPS) is 20.2. The molecule has 0 aromatic carbocycles. The minimum absolute atomic E-state index is 0.0584.